The molecule has 0 saturated carbocycles. The topological polar surface area (TPSA) is 74.9 Å². The minimum Gasteiger partial charge on any atom is -0.497 e. The number of rotatable bonds is 7. The number of urea groups is 1. The lowest BCUT2D eigenvalue weighted by atomic mass is 10.1. The lowest BCUT2D eigenvalue weighted by Crippen LogP contribution is -2.52. The van der Waals surface area contributed by atoms with Crippen LogP contribution < -0.4 is 9.64 Å². The van der Waals surface area contributed by atoms with Gasteiger partial charge in [0.2, 0.25) is 5.89 Å². The number of ether oxygens (including phenoxy) is 1. The zero-order valence-corrected chi connectivity index (χ0v) is 19.2. The van der Waals surface area contributed by atoms with Gasteiger partial charge < -0.3 is 19.0 Å². The van der Waals surface area contributed by atoms with Crippen LogP contribution in [-0.2, 0) is 6.54 Å². The van der Waals surface area contributed by atoms with E-state index in [0.717, 1.165) is 30.9 Å². The van der Waals surface area contributed by atoms with Gasteiger partial charge in [0.15, 0.2) is 0 Å². The Balaban J connectivity index is 1.54. The molecule has 2 aromatic carbocycles. The number of carbonyl (C=O) groups excluding carboxylic acids is 1. The Morgan fingerprint density at radius 3 is 2.29 bits per heavy atom. The third-order valence-electron chi connectivity index (χ3n) is 5.87. The molecule has 34 heavy (non-hydrogen) atoms. The Kier molecular flexibility index (Phi) is 7.36. The molecule has 1 saturated heterocycles. The first-order chi connectivity index (χ1) is 16.5. The summed E-state index contributed by atoms with van der Waals surface area (Å²) in [4.78, 5) is 19.4. The number of hydrogen-bond donors (Lipinski definition) is 0. The van der Waals surface area contributed by atoms with Crippen molar-refractivity contribution in [1.29, 1.82) is 0 Å². The van der Waals surface area contributed by atoms with Gasteiger partial charge in [-0.2, -0.15) is 8.78 Å². The van der Waals surface area contributed by atoms with Crippen LogP contribution in [0.4, 0.5) is 19.3 Å². The van der Waals surface area contributed by atoms with Crippen LogP contribution in [0.5, 0.6) is 5.75 Å². The van der Waals surface area contributed by atoms with E-state index in [1.54, 1.807) is 24.1 Å². The summed E-state index contributed by atoms with van der Waals surface area (Å²) in [6.45, 7) is 6.45. The van der Waals surface area contributed by atoms with E-state index in [2.05, 4.69) is 22.0 Å². The van der Waals surface area contributed by atoms with Gasteiger partial charge >= 0.3 is 12.5 Å². The van der Waals surface area contributed by atoms with Crippen LogP contribution in [0.3, 0.4) is 0 Å². The molecule has 0 atom stereocenters. The zero-order chi connectivity index (χ0) is 24.1. The molecule has 0 unspecified atom stereocenters. The average molecular weight is 472 g/mol. The fourth-order valence-corrected chi connectivity index (χ4v) is 3.83. The largest absolute Gasteiger partial charge is 0.497 e. The maximum absolute atomic E-state index is 13.5. The van der Waals surface area contributed by atoms with Crippen LogP contribution in [0.25, 0.3) is 11.5 Å². The Labute approximate surface area is 196 Å². The Bertz CT molecular complexity index is 1080. The highest BCUT2D eigenvalue weighted by atomic mass is 19.3. The van der Waals surface area contributed by atoms with E-state index >= 15 is 0 Å². The molecule has 0 N–H and O–H groups in total. The fourth-order valence-electron chi connectivity index (χ4n) is 3.83. The van der Waals surface area contributed by atoms with Crippen LogP contribution in [0.2, 0.25) is 0 Å². The first kappa shape index (κ1) is 23.6. The van der Waals surface area contributed by atoms with Gasteiger partial charge in [-0.1, -0.05) is 19.1 Å². The molecular formula is C24H27F2N5O3. The minimum absolute atomic E-state index is 0.0266. The lowest BCUT2D eigenvalue weighted by Gasteiger charge is -2.37. The average Bonchev–Trinajstić information content (AvgIpc) is 3.38. The normalized spacial score (nSPS) is 14.4. The number of anilines is 1. The monoisotopic (exact) mass is 471 g/mol. The van der Waals surface area contributed by atoms with E-state index in [4.69, 9.17) is 9.15 Å². The van der Waals surface area contributed by atoms with E-state index in [1.807, 2.05) is 41.3 Å². The highest BCUT2D eigenvalue weighted by Gasteiger charge is 2.26. The van der Waals surface area contributed by atoms with Crippen molar-refractivity contribution in [2.24, 2.45) is 0 Å². The Hall–Kier alpha value is -3.53. The molecule has 1 aromatic heterocycles. The number of methoxy groups -OCH3 is 1. The number of benzene rings is 2. The third kappa shape index (κ3) is 5.33. The predicted octanol–water partition coefficient (Wildman–Crippen LogP) is 4.45. The molecule has 1 aliphatic heterocycles. The number of halogens is 2. The molecule has 2 amide bonds. The van der Waals surface area contributed by atoms with Crippen LogP contribution in [0, 0.1) is 0 Å². The van der Waals surface area contributed by atoms with E-state index in [9.17, 15) is 13.6 Å². The van der Waals surface area contributed by atoms with Crippen LogP contribution in [0.1, 0.15) is 24.8 Å². The van der Waals surface area contributed by atoms with Crippen molar-refractivity contribution in [3.8, 4) is 17.2 Å². The standard InChI is InChI=1S/C24H27F2N5O3/c1-3-29-12-14-30(15-13-29)24(32)31(19-8-10-20(33-2)11-9-19)16-17-4-6-18(7-5-17)22-27-28-23(34-22)21(25)26/h4-11,21H,3,12-16H2,1-2H3. The predicted molar refractivity (Wildman–Crippen MR) is 123 cm³/mol. The zero-order valence-electron chi connectivity index (χ0n) is 19.2. The second kappa shape index (κ2) is 10.6. The molecule has 0 aliphatic carbocycles. The van der Waals surface area contributed by atoms with Crippen molar-refractivity contribution in [3.05, 3.63) is 60.0 Å². The van der Waals surface area contributed by atoms with Gasteiger partial charge in [-0.3, -0.25) is 4.90 Å². The number of piperazine rings is 1. The van der Waals surface area contributed by atoms with Crippen LogP contribution >= 0.6 is 0 Å². The van der Waals surface area contributed by atoms with Crippen molar-refractivity contribution in [3.63, 3.8) is 0 Å². The Morgan fingerprint density at radius 2 is 1.74 bits per heavy atom. The molecule has 2 heterocycles. The van der Waals surface area contributed by atoms with Gasteiger partial charge in [0, 0.05) is 37.4 Å². The molecule has 1 aliphatic rings. The van der Waals surface area contributed by atoms with Crippen molar-refractivity contribution >= 4 is 11.7 Å². The quantitative estimate of drug-likeness (QED) is 0.507. The SMILES string of the molecule is CCN1CCN(C(=O)N(Cc2ccc(-c3nnc(C(F)F)o3)cc2)c2ccc(OC)cc2)CC1. The van der Waals surface area contributed by atoms with E-state index in [1.165, 1.54) is 0 Å². The fraction of sp³-hybridized carbons (Fsp3) is 0.375. The Morgan fingerprint density at radius 1 is 1.06 bits per heavy atom. The molecule has 10 heteroatoms. The molecule has 1 fully saturated rings. The second-order valence-corrected chi connectivity index (χ2v) is 7.93. The van der Waals surface area contributed by atoms with Gasteiger partial charge in [0.25, 0.3) is 5.89 Å². The summed E-state index contributed by atoms with van der Waals surface area (Å²) in [5.74, 6) is 0.0250. The van der Waals surface area contributed by atoms with Crippen molar-refractivity contribution < 1.29 is 22.7 Å². The summed E-state index contributed by atoms with van der Waals surface area (Å²) in [6, 6.07) is 14.4. The number of amides is 2. The number of hydrogen-bond acceptors (Lipinski definition) is 6. The van der Waals surface area contributed by atoms with Crippen molar-refractivity contribution in [1.82, 2.24) is 20.0 Å². The first-order valence-corrected chi connectivity index (χ1v) is 11.1. The number of alkyl halides is 2. The maximum atomic E-state index is 13.5. The number of carbonyl (C=O) groups is 1. The molecule has 3 aromatic rings. The lowest BCUT2D eigenvalue weighted by molar-refractivity contribution is 0.116. The van der Waals surface area contributed by atoms with E-state index in [0.29, 0.717) is 30.9 Å². The number of likely N-dealkylation sites (N-methyl/N-ethyl adjacent to an activating group) is 1. The maximum Gasteiger partial charge on any atom is 0.324 e. The van der Waals surface area contributed by atoms with Gasteiger partial charge in [-0.25, -0.2) is 4.79 Å². The van der Waals surface area contributed by atoms with Crippen LogP contribution in [0.15, 0.2) is 52.9 Å². The molecule has 0 spiro atoms. The summed E-state index contributed by atoms with van der Waals surface area (Å²) in [6.07, 6.45) is -2.82. The van der Waals surface area contributed by atoms with Gasteiger partial charge in [0.05, 0.1) is 13.7 Å². The van der Waals surface area contributed by atoms with Crippen LogP contribution in [-0.4, -0.2) is 65.9 Å². The molecule has 0 bridgehead atoms. The molecule has 4 rings (SSSR count). The van der Waals surface area contributed by atoms with Gasteiger partial charge in [0.1, 0.15) is 5.75 Å². The van der Waals surface area contributed by atoms with Crippen molar-refractivity contribution in [2.75, 3.05) is 44.7 Å². The smallest absolute Gasteiger partial charge is 0.324 e. The first-order valence-electron chi connectivity index (χ1n) is 11.1. The van der Waals surface area contributed by atoms with Gasteiger partial charge in [-0.15, -0.1) is 10.2 Å². The minimum atomic E-state index is -2.82. The molecule has 0 radical (unpaired) electrons. The summed E-state index contributed by atoms with van der Waals surface area (Å²) >= 11 is 0. The summed E-state index contributed by atoms with van der Waals surface area (Å²) in [5.41, 5.74) is 2.15. The third-order valence-corrected chi connectivity index (χ3v) is 5.87. The second-order valence-electron chi connectivity index (χ2n) is 7.93. The molecule has 180 valence electrons. The number of aromatic nitrogens is 2. The highest BCUT2D eigenvalue weighted by molar-refractivity contribution is 5.92. The summed E-state index contributed by atoms with van der Waals surface area (Å²) < 4.78 is 35.7. The van der Waals surface area contributed by atoms with Gasteiger partial charge in [-0.05, 0) is 48.5 Å². The summed E-state index contributed by atoms with van der Waals surface area (Å²) in [5, 5.41) is 7.05. The summed E-state index contributed by atoms with van der Waals surface area (Å²) in [7, 11) is 1.60. The highest BCUT2D eigenvalue weighted by Crippen LogP contribution is 2.26. The molecular weight excluding hydrogens is 444 g/mol. The van der Waals surface area contributed by atoms with E-state index in [-0.39, 0.29) is 11.9 Å². The van der Waals surface area contributed by atoms with Crippen molar-refractivity contribution in [2.45, 2.75) is 19.9 Å². The van der Waals surface area contributed by atoms with E-state index < -0.39 is 12.3 Å². The molecule has 8 nitrogen and oxygen atoms in total. The number of nitrogens with zero attached hydrogens (tertiary/aromatic N) is 5.